The van der Waals surface area contributed by atoms with E-state index in [-0.39, 0.29) is 6.03 Å². The van der Waals surface area contributed by atoms with Gasteiger partial charge in [0.25, 0.3) is 0 Å². The molecular weight excluding hydrogens is 316 g/mol. The van der Waals surface area contributed by atoms with Crippen LogP contribution in [0, 0.1) is 13.8 Å². The fraction of sp³-hybridized carbons (Fsp3) is 0.222. The van der Waals surface area contributed by atoms with Crippen LogP contribution in [-0.4, -0.2) is 25.8 Å². The number of anilines is 2. The molecule has 0 bridgehead atoms. The third-order valence-electron chi connectivity index (χ3n) is 3.77. The summed E-state index contributed by atoms with van der Waals surface area (Å²) < 4.78 is 1.71. The van der Waals surface area contributed by atoms with E-state index in [1.165, 1.54) is 6.33 Å². The number of carbonyl (C=O) groups is 1. The molecule has 3 aromatic rings. The van der Waals surface area contributed by atoms with Gasteiger partial charge in [-0.2, -0.15) is 5.10 Å². The average molecular weight is 336 g/mol. The number of amides is 2. The van der Waals surface area contributed by atoms with Crippen molar-refractivity contribution in [1.29, 1.82) is 0 Å². The third-order valence-corrected chi connectivity index (χ3v) is 3.77. The smallest absolute Gasteiger partial charge is 0.307 e. The highest BCUT2D eigenvalue weighted by Gasteiger charge is 2.09. The fourth-order valence-corrected chi connectivity index (χ4v) is 2.61. The van der Waals surface area contributed by atoms with Crippen molar-refractivity contribution in [2.45, 2.75) is 27.2 Å². The van der Waals surface area contributed by atoms with E-state index in [1.807, 2.05) is 51.1 Å². The molecule has 0 aliphatic heterocycles. The quantitative estimate of drug-likeness (QED) is 0.764. The number of urea groups is 1. The molecule has 2 N–H and O–H groups in total. The number of hydrogen-bond donors (Lipinski definition) is 2. The van der Waals surface area contributed by atoms with E-state index in [0.29, 0.717) is 11.6 Å². The second-order valence-corrected chi connectivity index (χ2v) is 5.69. The van der Waals surface area contributed by atoms with Gasteiger partial charge in [0.15, 0.2) is 5.82 Å². The van der Waals surface area contributed by atoms with Gasteiger partial charge in [0.1, 0.15) is 12.1 Å². The summed E-state index contributed by atoms with van der Waals surface area (Å²) >= 11 is 0. The molecule has 0 saturated heterocycles. The Kier molecular flexibility index (Phi) is 4.74. The van der Waals surface area contributed by atoms with Crippen LogP contribution in [0.15, 0.2) is 42.7 Å². The van der Waals surface area contributed by atoms with Crippen LogP contribution in [0.3, 0.4) is 0 Å². The summed E-state index contributed by atoms with van der Waals surface area (Å²) in [6.07, 6.45) is 2.24. The Labute approximate surface area is 146 Å². The van der Waals surface area contributed by atoms with E-state index in [9.17, 15) is 4.79 Å². The number of hydrogen-bond acceptors (Lipinski definition) is 4. The summed E-state index contributed by atoms with van der Waals surface area (Å²) in [5, 5.41) is 9.98. The van der Waals surface area contributed by atoms with E-state index in [2.05, 4.69) is 25.7 Å². The van der Waals surface area contributed by atoms with Crippen LogP contribution in [0.25, 0.3) is 5.82 Å². The van der Waals surface area contributed by atoms with E-state index < -0.39 is 0 Å². The van der Waals surface area contributed by atoms with Crippen molar-refractivity contribution >= 4 is 17.5 Å². The fourth-order valence-electron chi connectivity index (χ4n) is 2.61. The van der Waals surface area contributed by atoms with Gasteiger partial charge in [-0.05, 0) is 38.0 Å². The first-order valence-corrected chi connectivity index (χ1v) is 8.08. The predicted octanol–water partition coefficient (Wildman–Crippen LogP) is 3.49. The topological polar surface area (TPSA) is 84.7 Å². The lowest BCUT2D eigenvalue weighted by molar-refractivity contribution is 0.262. The van der Waals surface area contributed by atoms with Crippen molar-refractivity contribution in [1.82, 2.24) is 19.7 Å². The van der Waals surface area contributed by atoms with E-state index >= 15 is 0 Å². The minimum Gasteiger partial charge on any atom is -0.307 e. The second kappa shape index (κ2) is 7.12. The molecule has 0 radical (unpaired) electrons. The number of para-hydroxylation sites is 1. The Morgan fingerprint density at radius 2 is 1.92 bits per heavy atom. The second-order valence-electron chi connectivity index (χ2n) is 5.69. The molecule has 0 saturated carbocycles. The van der Waals surface area contributed by atoms with Crippen LogP contribution in [0.1, 0.15) is 23.9 Å². The van der Waals surface area contributed by atoms with Crippen LogP contribution in [0.2, 0.25) is 0 Å². The lowest BCUT2D eigenvalue weighted by atomic mass is 10.1. The highest BCUT2D eigenvalue weighted by molar-refractivity contribution is 5.99. The summed E-state index contributed by atoms with van der Waals surface area (Å²) in [4.78, 5) is 20.6. The first-order valence-electron chi connectivity index (χ1n) is 8.08. The largest absolute Gasteiger partial charge is 0.324 e. The molecule has 0 aliphatic carbocycles. The van der Waals surface area contributed by atoms with Crippen LogP contribution in [0.5, 0.6) is 0 Å². The summed E-state index contributed by atoms with van der Waals surface area (Å²) in [5.41, 5.74) is 3.72. The highest BCUT2D eigenvalue weighted by Crippen LogP contribution is 2.16. The maximum absolute atomic E-state index is 12.3. The van der Waals surface area contributed by atoms with Gasteiger partial charge in [-0.1, -0.05) is 25.1 Å². The lowest BCUT2D eigenvalue weighted by Crippen LogP contribution is -2.21. The number of aryl methyl sites for hydroxylation is 3. The van der Waals surface area contributed by atoms with Crippen LogP contribution >= 0.6 is 0 Å². The summed E-state index contributed by atoms with van der Waals surface area (Å²) in [6.45, 7) is 5.91. The van der Waals surface area contributed by atoms with Crippen LogP contribution < -0.4 is 10.6 Å². The van der Waals surface area contributed by atoms with Gasteiger partial charge in [-0.25, -0.2) is 19.4 Å². The molecule has 7 nitrogen and oxygen atoms in total. The van der Waals surface area contributed by atoms with Gasteiger partial charge < -0.3 is 5.32 Å². The number of benzene rings is 1. The first kappa shape index (κ1) is 16.6. The standard InChI is InChI=1S/C18H20N6O/c1-4-14-7-5-6-8-15(14)21-18(25)22-16-10-17(20-11-19-16)24-13(3)9-12(2)23-24/h5-11H,4H2,1-3H3,(H2,19,20,21,22,25). The molecule has 3 rings (SSSR count). The summed E-state index contributed by atoms with van der Waals surface area (Å²) in [5.74, 6) is 1.01. The zero-order chi connectivity index (χ0) is 17.8. The molecule has 1 aromatic carbocycles. The zero-order valence-corrected chi connectivity index (χ0v) is 14.4. The monoisotopic (exact) mass is 336 g/mol. The van der Waals surface area contributed by atoms with Gasteiger partial charge in [0.2, 0.25) is 0 Å². The Balaban J connectivity index is 1.76. The Bertz CT molecular complexity index is 902. The van der Waals surface area contributed by atoms with Crippen LogP contribution in [-0.2, 0) is 6.42 Å². The number of nitrogens with zero attached hydrogens (tertiary/aromatic N) is 4. The Morgan fingerprint density at radius 1 is 1.12 bits per heavy atom. The SMILES string of the molecule is CCc1ccccc1NC(=O)Nc1cc(-n2nc(C)cc2C)ncn1. The summed E-state index contributed by atoms with van der Waals surface area (Å²) in [7, 11) is 0. The van der Waals surface area contributed by atoms with Gasteiger partial charge in [0.05, 0.1) is 5.69 Å². The number of aromatic nitrogens is 4. The highest BCUT2D eigenvalue weighted by atomic mass is 16.2. The zero-order valence-electron chi connectivity index (χ0n) is 14.4. The molecule has 0 fully saturated rings. The van der Waals surface area contributed by atoms with Gasteiger partial charge in [-0.3, -0.25) is 5.32 Å². The third kappa shape index (κ3) is 3.82. The van der Waals surface area contributed by atoms with Crippen molar-refractivity contribution in [3.63, 3.8) is 0 Å². The van der Waals surface area contributed by atoms with E-state index in [0.717, 1.165) is 29.1 Å². The molecule has 25 heavy (non-hydrogen) atoms. The molecule has 0 atom stereocenters. The number of carbonyl (C=O) groups excluding carboxylic acids is 1. The number of rotatable bonds is 4. The van der Waals surface area contributed by atoms with Crippen molar-refractivity contribution in [2.75, 3.05) is 10.6 Å². The van der Waals surface area contributed by atoms with Crippen molar-refractivity contribution in [3.05, 3.63) is 59.7 Å². The molecule has 128 valence electrons. The maximum atomic E-state index is 12.3. The Hall–Kier alpha value is -3.22. The molecular formula is C18H20N6O. The maximum Gasteiger partial charge on any atom is 0.324 e. The number of nitrogens with one attached hydrogen (secondary N) is 2. The van der Waals surface area contributed by atoms with Crippen LogP contribution in [0.4, 0.5) is 16.3 Å². The van der Waals surface area contributed by atoms with E-state index in [4.69, 9.17) is 0 Å². The van der Waals surface area contributed by atoms with Gasteiger partial charge in [-0.15, -0.1) is 0 Å². The molecule has 2 aromatic heterocycles. The molecule has 2 amide bonds. The molecule has 2 heterocycles. The lowest BCUT2D eigenvalue weighted by Gasteiger charge is -2.11. The van der Waals surface area contributed by atoms with E-state index in [1.54, 1.807) is 10.7 Å². The molecule has 7 heteroatoms. The minimum atomic E-state index is -0.348. The predicted molar refractivity (Wildman–Crippen MR) is 97.1 cm³/mol. The normalized spacial score (nSPS) is 10.5. The summed E-state index contributed by atoms with van der Waals surface area (Å²) in [6, 6.07) is 11.0. The van der Waals surface area contributed by atoms with Gasteiger partial charge in [0, 0.05) is 17.4 Å². The molecule has 0 spiro atoms. The first-order chi connectivity index (χ1) is 12.1. The minimum absolute atomic E-state index is 0.348. The average Bonchev–Trinajstić information content (AvgIpc) is 2.94. The molecule has 0 unspecified atom stereocenters. The Morgan fingerprint density at radius 3 is 2.64 bits per heavy atom. The van der Waals surface area contributed by atoms with Crippen molar-refractivity contribution in [3.8, 4) is 5.82 Å². The van der Waals surface area contributed by atoms with Gasteiger partial charge >= 0.3 is 6.03 Å². The molecule has 0 aliphatic rings. The van der Waals surface area contributed by atoms with Crippen molar-refractivity contribution < 1.29 is 4.79 Å². The van der Waals surface area contributed by atoms with Crippen molar-refractivity contribution in [2.24, 2.45) is 0 Å².